The number of carbonyl (C=O) groups excluding carboxylic acids is 1. The average molecular weight is 372 g/mol. The number of hydrogen-bond donors (Lipinski definition) is 2. The second-order valence-corrected chi connectivity index (χ2v) is 7.82. The predicted molar refractivity (Wildman–Crippen MR) is 101 cm³/mol. The quantitative estimate of drug-likeness (QED) is 0.718. The van der Waals surface area contributed by atoms with Crippen LogP contribution < -0.4 is 10.0 Å². The van der Waals surface area contributed by atoms with Crippen LogP contribution in [0.3, 0.4) is 0 Å². The lowest BCUT2D eigenvalue weighted by Crippen LogP contribution is -2.21. The van der Waals surface area contributed by atoms with Crippen LogP contribution in [0.1, 0.15) is 11.4 Å². The topological polar surface area (TPSA) is 93.1 Å². The van der Waals surface area contributed by atoms with Gasteiger partial charge in [-0.05, 0) is 50.7 Å². The second-order valence-electron chi connectivity index (χ2n) is 5.97. The van der Waals surface area contributed by atoms with E-state index in [1.54, 1.807) is 19.1 Å². The summed E-state index contributed by atoms with van der Waals surface area (Å²) in [5.41, 5.74) is 2.74. The molecule has 0 saturated carbocycles. The molecular formula is C18H20N4O3S. The van der Waals surface area contributed by atoms with Gasteiger partial charge in [-0.25, -0.2) is 18.1 Å². The van der Waals surface area contributed by atoms with Crippen molar-refractivity contribution in [3.8, 4) is 0 Å². The first-order valence-electron chi connectivity index (χ1n) is 8.08. The summed E-state index contributed by atoms with van der Waals surface area (Å²) < 4.78 is 28.3. The zero-order valence-electron chi connectivity index (χ0n) is 14.8. The van der Waals surface area contributed by atoms with E-state index in [1.807, 2.05) is 35.8 Å². The van der Waals surface area contributed by atoms with Crippen molar-refractivity contribution in [2.24, 2.45) is 0 Å². The Morgan fingerprint density at radius 3 is 2.62 bits per heavy atom. The third kappa shape index (κ3) is 3.47. The molecule has 0 saturated heterocycles. The molecule has 2 aromatic carbocycles. The van der Waals surface area contributed by atoms with Gasteiger partial charge in [0.2, 0.25) is 15.9 Å². The highest BCUT2D eigenvalue weighted by Crippen LogP contribution is 2.20. The molecule has 136 valence electrons. The number of benzene rings is 2. The molecule has 2 N–H and O–H groups in total. The number of imidazole rings is 1. The Kier molecular flexibility index (Phi) is 4.80. The van der Waals surface area contributed by atoms with Crippen LogP contribution in [0.15, 0.2) is 47.4 Å². The summed E-state index contributed by atoms with van der Waals surface area (Å²) in [6.45, 7) is 3.64. The minimum atomic E-state index is -3.59. The monoisotopic (exact) mass is 372 g/mol. The van der Waals surface area contributed by atoms with Gasteiger partial charge in [0.25, 0.3) is 0 Å². The Hall–Kier alpha value is -2.71. The molecule has 0 unspecified atom stereocenters. The maximum absolute atomic E-state index is 12.5. The first kappa shape index (κ1) is 18.1. The Balaban J connectivity index is 1.84. The number of sulfonamides is 1. The zero-order valence-corrected chi connectivity index (χ0v) is 15.6. The maximum atomic E-state index is 12.5. The highest BCUT2D eigenvalue weighted by Gasteiger charge is 2.16. The van der Waals surface area contributed by atoms with Crippen LogP contribution in [-0.4, -0.2) is 30.9 Å². The molecule has 7 nitrogen and oxygen atoms in total. The molecule has 0 aliphatic heterocycles. The SMILES string of the molecule is CNS(=O)(=O)c1cc(NC(=O)Cn2c(C)nc3ccccc32)ccc1C. The molecule has 1 aromatic heterocycles. The van der Waals surface area contributed by atoms with E-state index in [0.29, 0.717) is 11.3 Å². The summed E-state index contributed by atoms with van der Waals surface area (Å²) in [6, 6.07) is 12.4. The minimum absolute atomic E-state index is 0.0916. The van der Waals surface area contributed by atoms with Gasteiger partial charge in [0.1, 0.15) is 12.4 Å². The van der Waals surface area contributed by atoms with Crippen molar-refractivity contribution in [3.05, 3.63) is 53.9 Å². The molecule has 3 aromatic rings. The summed E-state index contributed by atoms with van der Waals surface area (Å²) in [7, 11) is -2.24. The summed E-state index contributed by atoms with van der Waals surface area (Å²) in [4.78, 5) is 17.0. The predicted octanol–water partition coefficient (Wildman–Crippen LogP) is 2.20. The van der Waals surface area contributed by atoms with Gasteiger partial charge in [-0.2, -0.15) is 0 Å². The fourth-order valence-corrected chi connectivity index (χ4v) is 3.81. The number of anilines is 1. The maximum Gasteiger partial charge on any atom is 0.244 e. The van der Waals surface area contributed by atoms with Crippen LogP contribution in [0.2, 0.25) is 0 Å². The number of hydrogen-bond acceptors (Lipinski definition) is 4. The molecular weight excluding hydrogens is 352 g/mol. The summed E-state index contributed by atoms with van der Waals surface area (Å²) >= 11 is 0. The van der Waals surface area contributed by atoms with E-state index in [-0.39, 0.29) is 17.3 Å². The minimum Gasteiger partial charge on any atom is -0.324 e. The summed E-state index contributed by atoms with van der Waals surface area (Å²) in [6.07, 6.45) is 0. The largest absolute Gasteiger partial charge is 0.324 e. The Morgan fingerprint density at radius 1 is 1.15 bits per heavy atom. The number of aromatic nitrogens is 2. The molecule has 0 bridgehead atoms. The molecule has 0 fully saturated rings. The molecule has 26 heavy (non-hydrogen) atoms. The molecule has 0 aliphatic carbocycles. The van der Waals surface area contributed by atoms with Crippen molar-refractivity contribution in [1.29, 1.82) is 0 Å². The van der Waals surface area contributed by atoms with Crippen molar-refractivity contribution in [3.63, 3.8) is 0 Å². The first-order valence-corrected chi connectivity index (χ1v) is 9.56. The van der Waals surface area contributed by atoms with Crippen LogP contribution >= 0.6 is 0 Å². The standard InChI is InChI=1S/C18H20N4O3S/c1-12-8-9-14(10-17(12)26(24,25)19-3)21-18(23)11-22-13(2)20-15-6-4-5-7-16(15)22/h4-10,19H,11H2,1-3H3,(H,21,23). The van der Waals surface area contributed by atoms with Gasteiger partial charge in [-0.1, -0.05) is 18.2 Å². The van der Waals surface area contributed by atoms with Crippen LogP contribution in [0.5, 0.6) is 0 Å². The Bertz CT molecular complexity index is 1090. The number of amides is 1. The van der Waals surface area contributed by atoms with Crippen molar-refractivity contribution >= 4 is 32.7 Å². The lowest BCUT2D eigenvalue weighted by molar-refractivity contribution is -0.116. The highest BCUT2D eigenvalue weighted by molar-refractivity contribution is 7.89. The Labute approximate surface area is 152 Å². The average Bonchev–Trinajstić information content (AvgIpc) is 2.92. The highest BCUT2D eigenvalue weighted by atomic mass is 32.2. The third-order valence-electron chi connectivity index (χ3n) is 4.18. The van der Waals surface area contributed by atoms with Crippen molar-refractivity contribution in [2.45, 2.75) is 25.3 Å². The molecule has 1 amide bonds. The van der Waals surface area contributed by atoms with Crippen LogP contribution in [-0.2, 0) is 21.4 Å². The lowest BCUT2D eigenvalue weighted by Gasteiger charge is -2.11. The number of para-hydroxylation sites is 2. The second kappa shape index (κ2) is 6.89. The van der Waals surface area contributed by atoms with Gasteiger partial charge < -0.3 is 9.88 Å². The van der Waals surface area contributed by atoms with E-state index in [1.165, 1.54) is 13.1 Å². The lowest BCUT2D eigenvalue weighted by atomic mass is 10.2. The third-order valence-corrected chi connectivity index (χ3v) is 5.73. The van der Waals surface area contributed by atoms with Crippen LogP contribution in [0.4, 0.5) is 5.69 Å². The van der Waals surface area contributed by atoms with Crippen molar-refractivity contribution < 1.29 is 13.2 Å². The number of nitrogens with one attached hydrogen (secondary N) is 2. The Morgan fingerprint density at radius 2 is 1.88 bits per heavy atom. The number of aryl methyl sites for hydroxylation is 2. The number of carbonyl (C=O) groups is 1. The van der Waals surface area contributed by atoms with E-state index in [9.17, 15) is 13.2 Å². The molecule has 8 heteroatoms. The van der Waals surface area contributed by atoms with Gasteiger partial charge in [-0.3, -0.25) is 4.79 Å². The van der Waals surface area contributed by atoms with E-state index >= 15 is 0 Å². The summed E-state index contributed by atoms with van der Waals surface area (Å²) in [5, 5.41) is 2.76. The van der Waals surface area contributed by atoms with Gasteiger partial charge >= 0.3 is 0 Å². The van der Waals surface area contributed by atoms with E-state index < -0.39 is 10.0 Å². The zero-order chi connectivity index (χ0) is 18.9. The molecule has 3 rings (SSSR count). The molecule has 0 aliphatic rings. The fourth-order valence-electron chi connectivity index (χ4n) is 2.82. The summed E-state index contributed by atoms with van der Waals surface area (Å²) in [5.74, 6) is 0.483. The molecule has 0 spiro atoms. The van der Waals surface area contributed by atoms with Crippen LogP contribution in [0, 0.1) is 13.8 Å². The van der Waals surface area contributed by atoms with Gasteiger partial charge in [0.05, 0.1) is 15.9 Å². The number of fused-ring (bicyclic) bond motifs is 1. The smallest absolute Gasteiger partial charge is 0.244 e. The number of rotatable bonds is 5. The first-order chi connectivity index (χ1) is 12.3. The van der Waals surface area contributed by atoms with E-state index in [0.717, 1.165) is 16.9 Å². The fraction of sp³-hybridized carbons (Fsp3) is 0.222. The van der Waals surface area contributed by atoms with Crippen molar-refractivity contribution in [2.75, 3.05) is 12.4 Å². The number of nitrogens with zero attached hydrogens (tertiary/aromatic N) is 2. The molecule has 0 atom stereocenters. The van der Waals surface area contributed by atoms with Gasteiger partial charge in [-0.15, -0.1) is 0 Å². The van der Waals surface area contributed by atoms with Crippen molar-refractivity contribution in [1.82, 2.24) is 14.3 Å². The van der Waals surface area contributed by atoms with Gasteiger partial charge in [0, 0.05) is 5.69 Å². The van der Waals surface area contributed by atoms with Crippen LogP contribution in [0.25, 0.3) is 11.0 Å². The van der Waals surface area contributed by atoms with Gasteiger partial charge in [0.15, 0.2) is 0 Å². The molecule has 1 heterocycles. The molecule has 0 radical (unpaired) electrons. The van der Waals surface area contributed by atoms with E-state index in [2.05, 4.69) is 15.0 Å². The van der Waals surface area contributed by atoms with E-state index in [4.69, 9.17) is 0 Å². The normalized spacial score (nSPS) is 11.7.